The van der Waals surface area contributed by atoms with Gasteiger partial charge in [-0.05, 0) is 13.0 Å². The summed E-state index contributed by atoms with van der Waals surface area (Å²) in [5.74, 6) is -0.250. The zero-order chi connectivity index (χ0) is 11.5. The van der Waals surface area contributed by atoms with Crippen LogP contribution in [0.1, 0.15) is 22.7 Å². The van der Waals surface area contributed by atoms with Gasteiger partial charge in [0.15, 0.2) is 0 Å². The highest BCUT2D eigenvalue weighted by Crippen LogP contribution is 2.01. The molecular formula is C10H12N4O2. The number of nitrogens with zero attached hydrogens (tertiary/aromatic N) is 2. The standard InChI is InChI=1S/C10H12N4O2/c1-6-2-3-11-9(13-6)10(16)14-7-4-8(15)12-5-7/h2-3,7H,4-5H2,1H3,(H,12,15)(H,14,16). The van der Waals surface area contributed by atoms with Crippen molar-refractivity contribution in [3.05, 3.63) is 23.8 Å². The zero-order valence-electron chi connectivity index (χ0n) is 8.86. The molecule has 2 amide bonds. The minimum absolute atomic E-state index is 0.0459. The molecular weight excluding hydrogens is 208 g/mol. The van der Waals surface area contributed by atoms with Crippen LogP contribution >= 0.6 is 0 Å². The molecule has 1 aliphatic rings. The minimum atomic E-state index is -0.342. The molecule has 1 atom stereocenters. The first-order valence-corrected chi connectivity index (χ1v) is 5.02. The maximum Gasteiger partial charge on any atom is 0.289 e. The fraction of sp³-hybridized carbons (Fsp3) is 0.400. The molecule has 2 heterocycles. The number of carbonyl (C=O) groups is 2. The van der Waals surface area contributed by atoms with Gasteiger partial charge in [0.1, 0.15) is 0 Å². The van der Waals surface area contributed by atoms with Gasteiger partial charge in [-0.2, -0.15) is 0 Å². The quantitative estimate of drug-likeness (QED) is 0.697. The van der Waals surface area contributed by atoms with Gasteiger partial charge >= 0.3 is 0 Å². The first-order chi connectivity index (χ1) is 7.65. The molecule has 1 fully saturated rings. The molecule has 0 saturated carbocycles. The summed E-state index contributed by atoms with van der Waals surface area (Å²) < 4.78 is 0. The average Bonchev–Trinajstić information content (AvgIpc) is 2.64. The van der Waals surface area contributed by atoms with Gasteiger partial charge in [-0.15, -0.1) is 0 Å². The van der Waals surface area contributed by atoms with Crippen molar-refractivity contribution in [2.24, 2.45) is 0 Å². The van der Waals surface area contributed by atoms with Crippen molar-refractivity contribution >= 4 is 11.8 Å². The van der Waals surface area contributed by atoms with E-state index in [4.69, 9.17) is 0 Å². The maximum absolute atomic E-state index is 11.7. The number of hydrogen-bond donors (Lipinski definition) is 2. The van der Waals surface area contributed by atoms with Crippen molar-refractivity contribution in [2.75, 3.05) is 6.54 Å². The third kappa shape index (κ3) is 2.33. The van der Waals surface area contributed by atoms with Crippen LogP contribution in [0.5, 0.6) is 0 Å². The second kappa shape index (κ2) is 4.26. The molecule has 1 aliphatic heterocycles. The lowest BCUT2D eigenvalue weighted by atomic mass is 10.2. The Bertz CT molecular complexity index is 433. The summed E-state index contributed by atoms with van der Waals surface area (Å²) in [6.45, 7) is 2.26. The van der Waals surface area contributed by atoms with E-state index < -0.39 is 0 Å². The summed E-state index contributed by atoms with van der Waals surface area (Å²) in [5, 5.41) is 5.35. The van der Waals surface area contributed by atoms with Gasteiger partial charge in [-0.3, -0.25) is 9.59 Å². The molecule has 1 aromatic rings. The van der Waals surface area contributed by atoms with Crippen LogP contribution in [0.15, 0.2) is 12.3 Å². The van der Waals surface area contributed by atoms with Crippen LogP contribution in [0.2, 0.25) is 0 Å². The Morgan fingerprint density at radius 2 is 2.44 bits per heavy atom. The minimum Gasteiger partial charge on any atom is -0.354 e. The van der Waals surface area contributed by atoms with Gasteiger partial charge in [0, 0.05) is 24.9 Å². The highest BCUT2D eigenvalue weighted by molar-refractivity contribution is 5.91. The summed E-state index contributed by atoms with van der Waals surface area (Å²) in [5.41, 5.74) is 0.737. The summed E-state index contributed by atoms with van der Waals surface area (Å²) in [4.78, 5) is 30.5. The first-order valence-electron chi connectivity index (χ1n) is 5.02. The van der Waals surface area contributed by atoms with Crippen LogP contribution in [-0.4, -0.2) is 34.4 Å². The van der Waals surface area contributed by atoms with Gasteiger partial charge in [-0.1, -0.05) is 0 Å². The fourth-order valence-corrected chi connectivity index (χ4v) is 1.52. The summed E-state index contributed by atoms with van der Waals surface area (Å²) in [6.07, 6.45) is 1.85. The molecule has 0 radical (unpaired) electrons. The molecule has 6 nitrogen and oxygen atoms in total. The van der Waals surface area contributed by atoms with Gasteiger partial charge in [0.2, 0.25) is 11.7 Å². The molecule has 84 valence electrons. The van der Waals surface area contributed by atoms with Crippen molar-refractivity contribution in [3.8, 4) is 0 Å². The Morgan fingerprint density at radius 3 is 3.06 bits per heavy atom. The largest absolute Gasteiger partial charge is 0.354 e. The molecule has 1 aromatic heterocycles. The monoisotopic (exact) mass is 220 g/mol. The lowest BCUT2D eigenvalue weighted by molar-refractivity contribution is -0.119. The normalized spacial score (nSPS) is 19.3. The van der Waals surface area contributed by atoms with Crippen LogP contribution in [0.4, 0.5) is 0 Å². The van der Waals surface area contributed by atoms with E-state index in [9.17, 15) is 9.59 Å². The Morgan fingerprint density at radius 1 is 1.62 bits per heavy atom. The van der Waals surface area contributed by atoms with Gasteiger partial charge in [0.05, 0.1) is 6.04 Å². The van der Waals surface area contributed by atoms with Crippen LogP contribution < -0.4 is 10.6 Å². The first kappa shape index (κ1) is 10.5. The SMILES string of the molecule is Cc1ccnc(C(=O)NC2CNC(=O)C2)n1. The molecule has 16 heavy (non-hydrogen) atoms. The molecule has 1 saturated heterocycles. The molecule has 0 bridgehead atoms. The number of rotatable bonds is 2. The van der Waals surface area contributed by atoms with E-state index in [-0.39, 0.29) is 23.7 Å². The predicted molar refractivity (Wildman–Crippen MR) is 55.6 cm³/mol. The summed E-state index contributed by atoms with van der Waals surface area (Å²) >= 11 is 0. The Kier molecular flexibility index (Phi) is 2.80. The number of aryl methyl sites for hydroxylation is 1. The predicted octanol–water partition coefficient (Wildman–Crippen LogP) is -0.597. The molecule has 2 rings (SSSR count). The zero-order valence-corrected chi connectivity index (χ0v) is 8.86. The number of aromatic nitrogens is 2. The summed E-state index contributed by atoms with van der Waals surface area (Å²) in [6, 6.07) is 1.56. The third-order valence-corrected chi connectivity index (χ3v) is 2.31. The average molecular weight is 220 g/mol. The third-order valence-electron chi connectivity index (χ3n) is 2.31. The van der Waals surface area contributed by atoms with Gasteiger partial charge < -0.3 is 10.6 Å². The van der Waals surface area contributed by atoms with E-state index in [1.807, 2.05) is 0 Å². The number of nitrogens with one attached hydrogen (secondary N) is 2. The van der Waals surface area contributed by atoms with E-state index in [0.29, 0.717) is 13.0 Å². The van der Waals surface area contributed by atoms with Crippen LogP contribution in [0, 0.1) is 6.92 Å². The van der Waals surface area contributed by atoms with E-state index in [1.165, 1.54) is 6.20 Å². The Balaban J connectivity index is 2.00. The highest BCUT2D eigenvalue weighted by atomic mass is 16.2. The van der Waals surface area contributed by atoms with Crippen LogP contribution in [-0.2, 0) is 4.79 Å². The van der Waals surface area contributed by atoms with Crippen molar-refractivity contribution in [1.29, 1.82) is 0 Å². The molecule has 2 N–H and O–H groups in total. The number of amides is 2. The van der Waals surface area contributed by atoms with Crippen molar-refractivity contribution in [1.82, 2.24) is 20.6 Å². The van der Waals surface area contributed by atoms with Crippen molar-refractivity contribution < 1.29 is 9.59 Å². The van der Waals surface area contributed by atoms with E-state index in [0.717, 1.165) is 5.69 Å². The second-order valence-electron chi connectivity index (χ2n) is 3.70. The fourth-order valence-electron chi connectivity index (χ4n) is 1.52. The Hall–Kier alpha value is -1.98. The topological polar surface area (TPSA) is 84.0 Å². The Labute approximate surface area is 92.5 Å². The van der Waals surface area contributed by atoms with Crippen molar-refractivity contribution in [3.63, 3.8) is 0 Å². The van der Waals surface area contributed by atoms with Crippen LogP contribution in [0.3, 0.4) is 0 Å². The van der Waals surface area contributed by atoms with Crippen molar-refractivity contribution in [2.45, 2.75) is 19.4 Å². The van der Waals surface area contributed by atoms with E-state index >= 15 is 0 Å². The van der Waals surface area contributed by atoms with Gasteiger partial charge in [-0.25, -0.2) is 9.97 Å². The molecule has 1 unspecified atom stereocenters. The molecule has 0 aliphatic carbocycles. The number of hydrogen-bond acceptors (Lipinski definition) is 4. The molecule has 0 spiro atoms. The van der Waals surface area contributed by atoms with E-state index in [1.54, 1.807) is 13.0 Å². The van der Waals surface area contributed by atoms with E-state index in [2.05, 4.69) is 20.6 Å². The summed E-state index contributed by atoms with van der Waals surface area (Å²) in [7, 11) is 0. The highest BCUT2D eigenvalue weighted by Gasteiger charge is 2.24. The maximum atomic E-state index is 11.7. The second-order valence-corrected chi connectivity index (χ2v) is 3.70. The lowest BCUT2D eigenvalue weighted by Crippen LogP contribution is -2.37. The number of carbonyl (C=O) groups excluding carboxylic acids is 2. The van der Waals surface area contributed by atoms with Crippen LogP contribution in [0.25, 0.3) is 0 Å². The van der Waals surface area contributed by atoms with Gasteiger partial charge in [0.25, 0.3) is 5.91 Å². The molecule has 0 aromatic carbocycles. The smallest absolute Gasteiger partial charge is 0.289 e. The molecule has 6 heteroatoms. The lowest BCUT2D eigenvalue weighted by Gasteiger charge is -2.09.